The summed E-state index contributed by atoms with van der Waals surface area (Å²) in [6.07, 6.45) is -3.73. The van der Waals surface area contributed by atoms with E-state index in [-0.39, 0.29) is 6.54 Å². The van der Waals surface area contributed by atoms with Crippen molar-refractivity contribution in [2.45, 2.75) is 12.6 Å². The Bertz CT molecular complexity index is 369. The summed E-state index contributed by atoms with van der Waals surface area (Å²) in [5, 5.41) is 0. The van der Waals surface area contributed by atoms with Crippen LogP contribution >= 0.6 is 0 Å². The number of rotatable bonds is 6. The zero-order chi connectivity index (χ0) is 13.6. The molecule has 0 aliphatic heterocycles. The van der Waals surface area contributed by atoms with Gasteiger partial charge in [0.25, 0.3) is 0 Å². The predicted molar refractivity (Wildman–Crippen MR) is 64.9 cm³/mol. The molecule has 2 N–H and O–H groups in total. The lowest BCUT2D eigenvalue weighted by molar-refractivity contribution is -0.119. The smallest absolute Gasteiger partial charge is 0.405 e. The fourth-order valence-electron chi connectivity index (χ4n) is 1.61. The number of alkyl halides is 3. The Morgan fingerprint density at radius 3 is 2.61 bits per heavy atom. The lowest BCUT2D eigenvalue weighted by Gasteiger charge is -2.26. The van der Waals surface area contributed by atoms with Gasteiger partial charge < -0.3 is 15.4 Å². The van der Waals surface area contributed by atoms with E-state index in [1.165, 1.54) is 12.0 Å². The van der Waals surface area contributed by atoms with Crippen LogP contribution in [0.3, 0.4) is 0 Å². The Labute approximate surface area is 104 Å². The molecule has 1 aromatic rings. The summed E-state index contributed by atoms with van der Waals surface area (Å²) in [7, 11) is 1.48. The van der Waals surface area contributed by atoms with Crippen LogP contribution in [0.1, 0.15) is 6.42 Å². The van der Waals surface area contributed by atoms with E-state index in [4.69, 9.17) is 10.5 Å². The Morgan fingerprint density at radius 2 is 2.06 bits per heavy atom. The summed E-state index contributed by atoms with van der Waals surface area (Å²) >= 11 is 0. The number of nitrogens with two attached hydrogens (primary N) is 1. The lowest BCUT2D eigenvalue weighted by atomic mass is 10.2. The van der Waals surface area contributed by atoms with E-state index in [0.717, 1.165) is 0 Å². The topological polar surface area (TPSA) is 38.5 Å². The summed E-state index contributed by atoms with van der Waals surface area (Å²) in [6, 6.07) is 6.57. The molecule has 0 spiro atoms. The summed E-state index contributed by atoms with van der Waals surface area (Å²) in [5.41, 5.74) is 5.83. The van der Waals surface area contributed by atoms with E-state index in [1.54, 1.807) is 24.3 Å². The van der Waals surface area contributed by atoms with Crippen LogP contribution in [-0.4, -0.2) is 32.9 Å². The Balaban J connectivity index is 2.86. The minimum absolute atomic E-state index is 0.267. The number of benzene rings is 1. The van der Waals surface area contributed by atoms with Gasteiger partial charge in [-0.3, -0.25) is 0 Å². The quantitative estimate of drug-likeness (QED) is 0.855. The van der Waals surface area contributed by atoms with Gasteiger partial charge in [0.15, 0.2) is 0 Å². The minimum Gasteiger partial charge on any atom is -0.497 e. The van der Waals surface area contributed by atoms with Crippen molar-refractivity contribution in [2.75, 3.05) is 31.6 Å². The molecule has 0 atom stereocenters. The summed E-state index contributed by atoms with van der Waals surface area (Å²) in [4.78, 5) is 1.26. The molecule has 102 valence electrons. The highest BCUT2D eigenvalue weighted by atomic mass is 19.4. The van der Waals surface area contributed by atoms with Gasteiger partial charge in [-0.25, -0.2) is 0 Å². The van der Waals surface area contributed by atoms with Gasteiger partial charge in [0, 0.05) is 18.3 Å². The maximum atomic E-state index is 12.5. The summed E-state index contributed by atoms with van der Waals surface area (Å²) < 4.78 is 42.5. The van der Waals surface area contributed by atoms with Crippen LogP contribution in [0.4, 0.5) is 18.9 Å². The third-order valence-electron chi connectivity index (χ3n) is 2.42. The molecular formula is C12H17F3N2O. The minimum atomic E-state index is -4.24. The molecule has 0 radical (unpaired) electrons. The molecule has 0 heterocycles. The first-order valence-electron chi connectivity index (χ1n) is 5.62. The zero-order valence-electron chi connectivity index (χ0n) is 10.2. The van der Waals surface area contributed by atoms with Crippen LogP contribution in [0.25, 0.3) is 0 Å². The van der Waals surface area contributed by atoms with Crippen molar-refractivity contribution in [1.29, 1.82) is 0 Å². The Kier molecular flexibility index (Phi) is 5.27. The fraction of sp³-hybridized carbons (Fsp3) is 0.500. The van der Waals surface area contributed by atoms with Crippen LogP contribution < -0.4 is 15.4 Å². The molecule has 0 aliphatic carbocycles. The molecular weight excluding hydrogens is 245 g/mol. The summed E-state index contributed by atoms with van der Waals surface area (Å²) in [6.45, 7) is -0.359. The van der Waals surface area contributed by atoms with Gasteiger partial charge in [0.1, 0.15) is 12.3 Å². The van der Waals surface area contributed by atoms with Gasteiger partial charge in [-0.15, -0.1) is 0 Å². The van der Waals surface area contributed by atoms with E-state index >= 15 is 0 Å². The van der Waals surface area contributed by atoms with Crippen molar-refractivity contribution < 1.29 is 17.9 Å². The predicted octanol–water partition coefficient (Wildman–Crippen LogP) is 2.41. The first-order valence-corrected chi connectivity index (χ1v) is 5.62. The standard InChI is InChI=1S/C12H17F3N2O/c1-18-11-5-2-4-10(8-11)17(7-3-6-16)9-12(13,14)15/h2,4-5,8H,3,6-7,9,16H2,1H3. The second kappa shape index (κ2) is 6.49. The van der Waals surface area contributed by atoms with Gasteiger partial charge in [-0.2, -0.15) is 13.2 Å². The van der Waals surface area contributed by atoms with Crippen molar-refractivity contribution >= 4 is 5.69 Å². The number of nitrogens with zero attached hydrogens (tertiary/aromatic N) is 1. The van der Waals surface area contributed by atoms with Gasteiger partial charge in [0.2, 0.25) is 0 Å². The van der Waals surface area contributed by atoms with Crippen LogP contribution in [-0.2, 0) is 0 Å². The van der Waals surface area contributed by atoms with E-state index in [9.17, 15) is 13.2 Å². The number of halogens is 3. The molecule has 0 saturated carbocycles. The van der Waals surface area contributed by atoms with Crippen molar-refractivity contribution in [3.05, 3.63) is 24.3 Å². The maximum absolute atomic E-state index is 12.5. The number of ether oxygens (including phenoxy) is 1. The molecule has 3 nitrogen and oxygen atoms in total. The Morgan fingerprint density at radius 1 is 1.33 bits per heavy atom. The van der Waals surface area contributed by atoms with E-state index < -0.39 is 12.7 Å². The molecule has 18 heavy (non-hydrogen) atoms. The Hall–Kier alpha value is -1.43. The monoisotopic (exact) mass is 262 g/mol. The van der Waals surface area contributed by atoms with Crippen molar-refractivity contribution in [2.24, 2.45) is 5.73 Å². The number of anilines is 1. The third kappa shape index (κ3) is 4.83. The average Bonchev–Trinajstić information content (AvgIpc) is 2.33. The van der Waals surface area contributed by atoms with Crippen molar-refractivity contribution in [3.8, 4) is 5.75 Å². The molecule has 0 fully saturated rings. The second-order valence-corrected chi connectivity index (χ2v) is 3.88. The van der Waals surface area contributed by atoms with Crippen LogP contribution in [0.2, 0.25) is 0 Å². The molecule has 0 saturated heterocycles. The maximum Gasteiger partial charge on any atom is 0.405 e. The largest absolute Gasteiger partial charge is 0.497 e. The normalized spacial score (nSPS) is 11.4. The highest BCUT2D eigenvalue weighted by Crippen LogP contribution is 2.25. The molecule has 6 heteroatoms. The van der Waals surface area contributed by atoms with E-state index in [2.05, 4.69) is 0 Å². The summed E-state index contributed by atoms with van der Waals surface area (Å²) in [5.74, 6) is 0.535. The third-order valence-corrected chi connectivity index (χ3v) is 2.42. The number of hydrogen-bond acceptors (Lipinski definition) is 3. The van der Waals surface area contributed by atoms with Gasteiger partial charge in [-0.1, -0.05) is 6.07 Å². The first kappa shape index (κ1) is 14.6. The van der Waals surface area contributed by atoms with Crippen LogP contribution in [0, 0.1) is 0 Å². The first-order chi connectivity index (χ1) is 8.46. The average molecular weight is 262 g/mol. The number of methoxy groups -OCH3 is 1. The highest BCUT2D eigenvalue weighted by Gasteiger charge is 2.30. The molecule has 0 aromatic heterocycles. The molecule has 0 bridgehead atoms. The van der Waals surface area contributed by atoms with Gasteiger partial charge in [0.05, 0.1) is 7.11 Å². The SMILES string of the molecule is COc1cccc(N(CCCN)CC(F)(F)F)c1. The highest BCUT2D eigenvalue weighted by molar-refractivity contribution is 5.50. The van der Waals surface area contributed by atoms with Crippen LogP contribution in [0.15, 0.2) is 24.3 Å². The van der Waals surface area contributed by atoms with Gasteiger partial charge >= 0.3 is 6.18 Å². The molecule has 1 aromatic carbocycles. The fourth-order valence-corrected chi connectivity index (χ4v) is 1.61. The zero-order valence-corrected chi connectivity index (χ0v) is 10.2. The van der Waals surface area contributed by atoms with E-state index in [1.807, 2.05) is 0 Å². The van der Waals surface area contributed by atoms with E-state index in [0.29, 0.717) is 24.4 Å². The lowest BCUT2D eigenvalue weighted by Crippen LogP contribution is -2.35. The number of hydrogen-bond donors (Lipinski definition) is 1. The molecule has 1 rings (SSSR count). The van der Waals surface area contributed by atoms with Crippen molar-refractivity contribution in [3.63, 3.8) is 0 Å². The second-order valence-electron chi connectivity index (χ2n) is 3.88. The van der Waals surface area contributed by atoms with Gasteiger partial charge in [-0.05, 0) is 25.1 Å². The molecule has 0 aliphatic rings. The molecule has 0 unspecified atom stereocenters. The molecule has 0 amide bonds. The van der Waals surface area contributed by atoms with Crippen molar-refractivity contribution in [1.82, 2.24) is 0 Å². The van der Waals surface area contributed by atoms with Crippen LogP contribution in [0.5, 0.6) is 5.75 Å².